The maximum atomic E-state index is 12.4. The van der Waals surface area contributed by atoms with Crippen LogP contribution in [-0.2, 0) is 27.7 Å². The standard InChI is InChI=1S/C24H32N2O3S/c1-18-10-14-23(15-11-18)26(30(3,28)29)16-6-9-24(27)25-19(2)21-13-12-20-7-4-5-8-22(20)17-21/h10-15,17,19H,4-9,16H2,1-3H3,(H,25,27)/t19-/m1/s1. The molecule has 0 aliphatic heterocycles. The van der Waals surface area contributed by atoms with Crippen molar-refractivity contribution in [3.63, 3.8) is 0 Å². The number of hydrogen-bond donors (Lipinski definition) is 1. The molecular formula is C24H32N2O3S. The molecule has 0 aromatic heterocycles. The Kier molecular flexibility index (Phi) is 7.19. The van der Waals surface area contributed by atoms with Gasteiger partial charge in [0.1, 0.15) is 0 Å². The molecule has 0 bridgehead atoms. The fourth-order valence-corrected chi connectivity index (χ4v) is 4.97. The maximum absolute atomic E-state index is 12.4. The van der Waals surface area contributed by atoms with Gasteiger partial charge in [-0.25, -0.2) is 8.42 Å². The first-order valence-corrected chi connectivity index (χ1v) is 12.5. The van der Waals surface area contributed by atoms with Crippen LogP contribution in [0.3, 0.4) is 0 Å². The summed E-state index contributed by atoms with van der Waals surface area (Å²) in [5.41, 5.74) is 5.66. The summed E-state index contributed by atoms with van der Waals surface area (Å²) in [6.07, 6.45) is 6.70. The second kappa shape index (κ2) is 9.65. The molecule has 0 radical (unpaired) electrons. The number of sulfonamides is 1. The van der Waals surface area contributed by atoms with Crippen molar-refractivity contribution >= 4 is 21.6 Å². The summed E-state index contributed by atoms with van der Waals surface area (Å²) in [5.74, 6) is -0.0578. The van der Waals surface area contributed by atoms with Crippen LogP contribution in [0.15, 0.2) is 42.5 Å². The van der Waals surface area contributed by atoms with E-state index in [4.69, 9.17) is 0 Å². The predicted molar refractivity (Wildman–Crippen MR) is 122 cm³/mol. The van der Waals surface area contributed by atoms with Crippen LogP contribution in [-0.4, -0.2) is 27.1 Å². The summed E-state index contributed by atoms with van der Waals surface area (Å²) in [6.45, 7) is 4.24. The average Bonchev–Trinajstić information content (AvgIpc) is 2.71. The molecule has 0 saturated heterocycles. The molecule has 0 saturated carbocycles. The second-order valence-corrected chi connectivity index (χ2v) is 10.2. The van der Waals surface area contributed by atoms with E-state index in [9.17, 15) is 13.2 Å². The van der Waals surface area contributed by atoms with Crippen molar-refractivity contribution in [2.75, 3.05) is 17.1 Å². The van der Waals surface area contributed by atoms with E-state index < -0.39 is 10.0 Å². The monoisotopic (exact) mass is 428 g/mol. The number of carbonyl (C=O) groups excluding carboxylic acids is 1. The Bertz CT molecular complexity index is 984. The van der Waals surface area contributed by atoms with Crippen LogP contribution in [0, 0.1) is 6.92 Å². The Morgan fingerprint density at radius 1 is 1.07 bits per heavy atom. The van der Waals surface area contributed by atoms with E-state index in [1.54, 1.807) is 12.1 Å². The first-order valence-electron chi connectivity index (χ1n) is 10.7. The second-order valence-electron chi connectivity index (χ2n) is 8.30. The lowest BCUT2D eigenvalue weighted by Gasteiger charge is -2.23. The molecule has 1 aliphatic rings. The SMILES string of the molecule is Cc1ccc(N(CCCC(=O)N[C@H](C)c2ccc3c(c2)CCCC3)S(C)(=O)=O)cc1. The lowest BCUT2D eigenvalue weighted by molar-refractivity contribution is -0.121. The van der Waals surface area contributed by atoms with E-state index in [0.717, 1.165) is 24.0 Å². The smallest absolute Gasteiger partial charge is 0.232 e. The van der Waals surface area contributed by atoms with Crippen molar-refractivity contribution in [3.05, 3.63) is 64.7 Å². The van der Waals surface area contributed by atoms with Crippen LogP contribution >= 0.6 is 0 Å². The van der Waals surface area contributed by atoms with Crippen molar-refractivity contribution in [2.24, 2.45) is 0 Å². The number of nitrogens with one attached hydrogen (secondary N) is 1. The average molecular weight is 429 g/mol. The van der Waals surface area contributed by atoms with Gasteiger partial charge in [-0.15, -0.1) is 0 Å². The zero-order valence-corrected chi connectivity index (χ0v) is 19.0. The molecule has 0 unspecified atom stereocenters. The lowest BCUT2D eigenvalue weighted by Crippen LogP contribution is -2.32. The number of fused-ring (bicyclic) bond motifs is 1. The third-order valence-corrected chi connectivity index (χ3v) is 6.93. The summed E-state index contributed by atoms with van der Waals surface area (Å²) in [6, 6.07) is 13.8. The van der Waals surface area contributed by atoms with E-state index in [1.165, 1.54) is 34.5 Å². The van der Waals surface area contributed by atoms with E-state index in [-0.39, 0.29) is 24.9 Å². The third kappa shape index (κ3) is 5.85. The van der Waals surface area contributed by atoms with E-state index in [0.29, 0.717) is 12.1 Å². The van der Waals surface area contributed by atoms with Crippen molar-refractivity contribution in [1.82, 2.24) is 5.32 Å². The molecule has 1 aliphatic carbocycles. The first-order chi connectivity index (χ1) is 14.2. The molecular weight excluding hydrogens is 396 g/mol. The number of carbonyl (C=O) groups is 1. The van der Waals surface area contributed by atoms with Crippen LogP contribution < -0.4 is 9.62 Å². The van der Waals surface area contributed by atoms with Gasteiger partial charge in [0, 0.05) is 13.0 Å². The summed E-state index contributed by atoms with van der Waals surface area (Å²) in [7, 11) is -3.40. The fraction of sp³-hybridized carbons (Fsp3) is 0.458. The van der Waals surface area contributed by atoms with Gasteiger partial charge >= 0.3 is 0 Å². The highest BCUT2D eigenvalue weighted by Gasteiger charge is 2.18. The molecule has 1 amide bonds. The molecule has 2 aromatic carbocycles. The summed E-state index contributed by atoms with van der Waals surface area (Å²) < 4.78 is 25.8. The summed E-state index contributed by atoms with van der Waals surface area (Å²) in [4.78, 5) is 12.4. The molecule has 2 aromatic rings. The number of amides is 1. The first kappa shape index (κ1) is 22.3. The van der Waals surface area contributed by atoms with Crippen LogP contribution in [0.25, 0.3) is 0 Å². The van der Waals surface area contributed by atoms with Crippen LogP contribution in [0.5, 0.6) is 0 Å². The predicted octanol–water partition coefficient (Wildman–Crippen LogP) is 4.30. The zero-order chi connectivity index (χ0) is 21.7. The molecule has 0 fully saturated rings. The van der Waals surface area contributed by atoms with Gasteiger partial charge in [-0.05, 0) is 74.8 Å². The van der Waals surface area contributed by atoms with Crippen LogP contribution in [0.1, 0.15) is 60.9 Å². The number of hydrogen-bond acceptors (Lipinski definition) is 3. The minimum Gasteiger partial charge on any atom is -0.350 e. The normalized spacial score (nSPS) is 14.6. The van der Waals surface area contributed by atoms with Gasteiger partial charge < -0.3 is 5.32 Å². The molecule has 0 spiro atoms. The minimum atomic E-state index is -3.40. The molecule has 0 heterocycles. The van der Waals surface area contributed by atoms with Gasteiger partial charge in [-0.3, -0.25) is 9.10 Å². The van der Waals surface area contributed by atoms with Gasteiger partial charge in [-0.1, -0.05) is 35.9 Å². The van der Waals surface area contributed by atoms with Crippen molar-refractivity contribution in [2.45, 2.75) is 58.4 Å². The highest BCUT2D eigenvalue weighted by molar-refractivity contribution is 7.92. The minimum absolute atomic E-state index is 0.0578. The van der Waals surface area contributed by atoms with Crippen molar-refractivity contribution < 1.29 is 13.2 Å². The number of benzene rings is 2. The fourth-order valence-electron chi connectivity index (χ4n) is 4.00. The largest absolute Gasteiger partial charge is 0.350 e. The quantitative estimate of drug-likeness (QED) is 0.682. The number of rotatable bonds is 8. The van der Waals surface area contributed by atoms with Gasteiger partial charge in [0.2, 0.25) is 15.9 Å². The summed E-state index contributed by atoms with van der Waals surface area (Å²) >= 11 is 0. The Morgan fingerprint density at radius 3 is 2.40 bits per heavy atom. The lowest BCUT2D eigenvalue weighted by atomic mass is 9.89. The van der Waals surface area contributed by atoms with E-state index in [1.807, 2.05) is 26.0 Å². The van der Waals surface area contributed by atoms with E-state index in [2.05, 4.69) is 23.5 Å². The molecule has 3 rings (SSSR count). The van der Waals surface area contributed by atoms with Crippen molar-refractivity contribution in [1.29, 1.82) is 0 Å². The van der Waals surface area contributed by atoms with Gasteiger partial charge in [-0.2, -0.15) is 0 Å². The van der Waals surface area contributed by atoms with Crippen molar-refractivity contribution in [3.8, 4) is 0 Å². The van der Waals surface area contributed by atoms with Crippen LogP contribution in [0.4, 0.5) is 5.69 Å². The molecule has 6 heteroatoms. The Labute approximate surface area is 180 Å². The molecule has 1 atom stereocenters. The van der Waals surface area contributed by atoms with Crippen LogP contribution in [0.2, 0.25) is 0 Å². The zero-order valence-electron chi connectivity index (χ0n) is 18.1. The Balaban J connectivity index is 1.55. The Hall–Kier alpha value is -2.34. The molecule has 5 nitrogen and oxygen atoms in total. The third-order valence-electron chi connectivity index (χ3n) is 5.74. The van der Waals surface area contributed by atoms with Gasteiger partial charge in [0.05, 0.1) is 18.0 Å². The maximum Gasteiger partial charge on any atom is 0.232 e. The molecule has 1 N–H and O–H groups in total. The molecule has 162 valence electrons. The van der Waals surface area contributed by atoms with E-state index >= 15 is 0 Å². The number of anilines is 1. The Morgan fingerprint density at radius 2 is 1.73 bits per heavy atom. The van der Waals surface area contributed by atoms with Gasteiger partial charge in [0.25, 0.3) is 0 Å². The molecule has 30 heavy (non-hydrogen) atoms. The number of nitrogens with zero attached hydrogens (tertiary/aromatic N) is 1. The highest BCUT2D eigenvalue weighted by atomic mass is 32.2. The summed E-state index contributed by atoms with van der Waals surface area (Å²) in [5, 5.41) is 3.06. The highest BCUT2D eigenvalue weighted by Crippen LogP contribution is 2.25. The van der Waals surface area contributed by atoms with Gasteiger partial charge in [0.15, 0.2) is 0 Å². The number of aryl methyl sites for hydroxylation is 3. The topological polar surface area (TPSA) is 66.5 Å².